The minimum atomic E-state index is -0.326. The molecule has 1 aromatic heterocycles. The molecule has 29 heavy (non-hydrogen) atoms. The molecule has 2 aromatic carbocycles. The minimum absolute atomic E-state index is 0.0380. The van der Waals surface area contributed by atoms with Gasteiger partial charge in [0.1, 0.15) is 5.25 Å². The van der Waals surface area contributed by atoms with E-state index < -0.39 is 0 Å². The van der Waals surface area contributed by atoms with Crippen molar-refractivity contribution >= 4 is 34.1 Å². The fourth-order valence-electron chi connectivity index (χ4n) is 3.49. The molecule has 1 aliphatic heterocycles. The van der Waals surface area contributed by atoms with Crippen LogP contribution in [0.1, 0.15) is 35.8 Å². The summed E-state index contributed by atoms with van der Waals surface area (Å²) in [5.41, 5.74) is 2.03. The highest BCUT2D eigenvalue weighted by Gasteiger charge is 2.23. The van der Waals surface area contributed by atoms with Gasteiger partial charge in [0.05, 0.1) is 5.69 Å². The van der Waals surface area contributed by atoms with Gasteiger partial charge in [0.25, 0.3) is 0 Å². The number of hydrogen-bond acceptors (Lipinski definition) is 5. The number of carbonyl (C=O) groups excluding carboxylic acids is 1. The molecule has 0 radical (unpaired) electrons. The second kappa shape index (κ2) is 10.1. The molecule has 1 saturated heterocycles. The molecule has 1 unspecified atom stereocenters. The Bertz CT molecular complexity index is 908. The highest BCUT2D eigenvalue weighted by molar-refractivity contribution is 8.00. The van der Waals surface area contributed by atoms with E-state index in [-0.39, 0.29) is 11.2 Å². The third-order valence-corrected chi connectivity index (χ3v) is 7.03. The van der Waals surface area contributed by atoms with Gasteiger partial charge in [-0.2, -0.15) is 0 Å². The van der Waals surface area contributed by atoms with Gasteiger partial charge >= 0.3 is 0 Å². The van der Waals surface area contributed by atoms with E-state index >= 15 is 0 Å². The zero-order valence-corrected chi connectivity index (χ0v) is 17.9. The van der Waals surface area contributed by atoms with E-state index in [0.29, 0.717) is 5.13 Å². The number of thiazole rings is 1. The number of rotatable bonds is 7. The van der Waals surface area contributed by atoms with Crippen LogP contribution < -0.4 is 5.32 Å². The van der Waals surface area contributed by atoms with Gasteiger partial charge in [-0.25, -0.2) is 4.98 Å². The summed E-state index contributed by atoms with van der Waals surface area (Å²) in [6.07, 6.45) is 3.86. The fraction of sp³-hybridized carbons (Fsp3) is 0.304. The van der Waals surface area contributed by atoms with Gasteiger partial charge in [0, 0.05) is 16.8 Å². The maximum atomic E-state index is 13.1. The molecule has 2 heterocycles. The largest absolute Gasteiger partial charge is 0.301 e. The number of hydrogen-bond donors (Lipinski definition) is 1. The van der Waals surface area contributed by atoms with Gasteiger partial charge in [-0.15, -0.1) is 23.1 Å². The van der Waals surface area contributed by atoms with Gasteiger partial charge in [0.15, 0.2) is 5.13 Å². The zero-order chi connectivity index (χ0) is 19.9. The summed E-state index contributed by atoms with van der Waals surface area (Å²) in [5.74, 6) is -0.0380. The molecule has 0 bridgehead atoms. The van der Waals surface area contributed by atoms with E-state index in [1.165, 1.54) is 30.6 Å². The lowest BCUT2D eigenvalue weighted by molar-refractivity contribution is -0.115. The molecule has 1 aliphatic rings. The summed E-state index contributed by atoms with van der Waals surface area (Å²) < 4.78 is 0. The lowest BCUT2D eigenvalue weighted by Crippen LogP contribution is -2.29. The smallest absolute Gasteiger partial charge is 0.244 e. The summed E-state index contributed by atoms with van der Waals surface area (Å²) in [4.78, 5) is 21.3. The second-order valence-corrected chi connectivity index (χ2v) is 9.23. The normalized spacial score (nSPS) is 15.7. The molecule has 0 saturated carbocycles. The number of amides is 1. The lowest BCUT2D eigenvalue weighted by atomic mass is 10.1. The Labute approximate surface area is 180 Å². The van der Waals surface area contributed by atoms with Crippen molar-refractivity contribution in [2.24, 2.45) is 0 Å². The number of carbonyl (C=O) groups is 1. The Kier molecular flexibility index (Phi) is 6.98. The third kappa shape index (κ3) is 5.69. The summed E-state index contributed by atoms with van der Waals surface area (Å²) in [7, 11) is 0. The Hall–Kier alpha value is -2.15. The summed E-state index contributed by atoms with van der Waals surface area (Å²) in [6.45, 7) is 3.15. The van der Waals surface area contributed by atoms with Crippen molar-refractivity contribution in [3.63, 3.8) is 0 Å². The third-order valence-electron chi connectivity index (χ3n) is 4.95. The maximum absolute atomic E-state index is 13.1. The van der Waals surface area contributed by atoms with E-state index in [1.54, 1.807) is 11.8 Å². The van der Waals surface area contributed by atoms with Gasteiger partial charge in [-0.3, -0.25) is 9.69 Å². The minimum Gasteiger partial charge on any atom is -0.301 e. The first-order chi connectivity index (χ1) is 14.3. The molecule has 1 N–H and O–H groups in total. The summed E-state index contributed by atoms with van der Waals surface area (Å²) >= 11 is 3.07. The molecule has 4 nitrogen and oxygen atoms in total. The Balaban J connectivity index is 1.45. The summed E-state index contributed by atoms with van der Waals surface area (Å²) in [6, 6.07) is 20.0. The lowest BCUT2D eigenvalue weighted by Gasteiger charge is -2.25. The summed E-state index contributed by atoms with van der Waals surface area (Å²) in [5, 5.41) is 5.46. The number of nitrogens with zero attached hydrogens (tertiary/aromatic N) is 2. The highest BCUT2D eigenvalue weighted by atomic mass is 32.2. The van der Waals surface area contributed by atoms with Crippen LogP contribution in [0, 0.1) is 0 Å². The van der Waals surface area contributed by atoms with Crippen LogP contribution in [0.3, 0.4) is 0 Å². The van der Waals surface area contributed by atoms with Crippen molar-refractivity contribution in [1.29, 1.82) is 0 Å². The van der Waals surface area contributed by atoms with E-state index in [0.717, 1.165) is 35.8 Å². The molecular weight excluding hydrogens is 398 g/mol. The van der Waals surface area contributed by atoms with Crippen molar-refractivity contribution in [2.45, 2.75) is 36.0 Å². The number of anilines is 1. The predicted molar refractivity (Wildman–Crippen MR) is 121 cm³/mol. The van der Waals surface area contributed by atoms with Crippen LogP contribution in [-0.4, -0.2) is 28.9 Å². The van der Waals surface area contributed by atoms with Crippen LogP contribution >= 0.6 is 23.1 Å². The monoisotopic (exact) mass is 423 g/mol. The van der Waals surface area contributed by atoms with Gasteiger partial charge in [-0.1, -0.05) is 55.0 Å². The average molecular weight is 424 g/mol. The van der Waals surface area contributed by atoms with Crippen LogP contribution in [0.25, 0.3) is 0 Å². The molecular formula is C23H25N3OS2. The molecule has 6 heteroatoms. The first-order valence-corrected chi connectivity index (χ1v) is 11.8. The van der Waals surface area contributed by atoms with Crippen molar-refractivity contribution < 1.29 is 4.79 Å². The van der Waals surface area contributed by atoms with Crippen LogP contribution in [0.2, 0.25) is 0 Å². The first-order valence-electron chi connectivity index (χ1n) is 10.0. The quantitative estimate of drug-likeness (QED) is 0.502. The van der Waals surface area contributed by atoms with Gasteiger partial charge < -0.3 is 5.32 Å². The Morgan fingerprint density at radius 2 is 1.72 bits per heavy atom. The maximum Gasteiger partial charge on any atom is 0.244 e. The van der Waals surface area contributed by atoms with E-state index in [2.05, 4.69) is 20.6 Å². The van der Waals surface area contributed by atoms with Crippen LogP contribution in [-0.2, 0) is 11.3 Å². The number of likely N-dealkylation sites (tertiary alicyclic amines) is 1. The Morgan fingerprint density at radius 1 is 1.03 bits per heavy atom. The van der Waals surface area contributed by atoms with Crippen LogP contribution in [0.4, 0.5) is 5.13 Å². The number of thioether (sulfide) groups is 1. The molecule has 0 spiro atoms. The van der Waals surface area contributed by atoms with Gasteiger partial charge in [0.2, 0.25) is 5.91 Å². The van der Waals surface area contributed by atoms with E-state index in [1.807, 2.05) is 60.7 Å². The predicted octanol–water partition coefficient (Wildman–Crippen LogP) is 5.60. The number of aromatic nitrogens is 1. The van der Waals surface area contributed by atoms with Crippen molar-refractivity contribution in [2.75, 3.05) is 18.4 Å². The molecule has 3 aromatic rings. The highest BCUT2D eigenvalue weighted by Crippen LogP contribution is 2.36. The van der Waals surface area contributed by atoms with Crippen molar-refractivity contribution in [3.05, 3.63) is 77.3 Å². The molecule has 4 rings (SSSR count). The van der Waals surface area contributed by atoms with E-state index in [4.69, 9.17) is 0 Å². The van der Waals surface area contributed by atoms with Crippen LogP contribution in [0.5, 0.6) is 0 Å². The van der Waals surface area contributed by atoms with Gasteiger partial charge in [-0.05, 0) is 43.6 Å². The standard InChI is InChI=1S/C23H25N3OS2/c27-22(25-23-24-19(17-28-23)16-26-14-8-3-9-15-26)21(18-10-4-1-5-11-18)29-20-12-6-2-7-13-20/h1-2,4-7,10-13,17,21H,3,8-9,14-16H2,(H,24,25,27). The topological polar surface area (TPSA) is 45.2 Å². The van der Waals surface area contributed by atoms with Crippen LogP contribution in [0.15, 0.2) is 70.9 Å². The van der Waals surface area contributed by atoms with Crippen molar-refractivity contribution in [3.8, 4) is 0 Å². The molecule has 1 amide bonds. The molecule has 150 valence electrons. The molecule has 0 aliphatic carbocycles. The average Bonchev–Trinajstić information content (AvgIpc) is 3.20. The molecule has 1 fully saturated rings. The van der Waals surface area contributed by atoms with Crippen molar-refractivity contribution in [1.82, 2.24) is 9.88 Å². The SMILES string of the molecule is O=C(Nc1nc(CN2CCCCC2)cs1)C(Sc1ccccc1)c1ccccc1. The zero-order valence-electron chi connectivity index (χ0n) is 16.3. The Morgan fingerprint density at radius 3 is 2.45 bits per heavy atom. The van der Waals surface area contributed by atoms with E-state index in [9.17, 15) is 4.79 Å². The molecule has 1 atom stereocenters. The fourth-order valence-corrected chi connectivity index (χ4v) is 5.24. The second-order valence-electron chi connectivity index (χ2n) is 7.19. The number of nitrogens with one attached hydrogen (secondary N) is 1. The first kappa shape index (κ1) is 20.1. The number of piperidine rings is 1. The number of benzene rings is 2.